The minimum absolute atomic E-state index is 0.00987. The molecule has 1 aliphatic carbocycles. The van der Waals surface area contributed by atoms with E-state index in [1.165, 1.54) is 0 Å². The Morgan fingerprint density at radius 2 is 1.84 bits per heavy atom. The average Bonchev–Trinajstić information content (AvgIpc) is 2.96. The van der Waals surface area contributed by atoms with Gasteiger partial charge < -0.3 is 10.2 Å². The summed E-state index contributed by atoms with van der Waals surface area (Å²) >= 11 is 0. The molecular formula is C14H21N3O2. The van der Waals surface area contributed by atoms with Crippen molar-refractivity contribution in [3.63, 3.8) is 0 Å². The van der Waals surface area contributed by atoms with Crippen LogP contribution >= 0.6 is 0 Å². The minimum atomic E-state index is -0.778. The highest BCUT2D eigenvalue weighted by atomic mass is 16.2. The monoisotopic (exact) mass is 263 g/mol. The van der Waals surface area contributed by atoms with E-state index in [1.54, 1.807) is 11.9 Å². The lowest BCUT2D eigenvalue weighted by Crippen LogP contribution is -2.47. The van der Waals surface area contributed by atoms with Crippen LogP contribution in [0.15, 0.2) is 0 Å². The Morgan fingerprint density at radius 3 is 2.32 bits per heavy atom. The van der Waals surface area contributed by atoms with Crippen LogP contribution < -0.4 is 5.32 Å². The second kappa shape index (κ2) is 5.60. The average molecular weight is 263 g/mol. The van der Waals surface area contributed by atoms with Gasteiger partial charge in [0.15, 0.2) is 0 Å². The van der Waals surface area contributed by atoms with Gasteiger partial charge in [-0.2, -0.15) is 5.26 Å². The number of hydrogen-bond acceptors (Lipinski definition) is 3. The second-order valence-electron chi connectivity index (χ2n) is 5.58. The normalized spacial score (nSPS) is 22.8. The van der Waals surface area contributed by atoms with Gasteiger partial charge in [-0.1, -0.05) is 12.8 Å². The number of nitrogens with one attached hydrogen (secondary N) is 1. The summed E-state index contributed by atoms with van der Waals surface area (Å²) in [6.45, 7) is 1.20. The predicted octanol–water partition coefficient (Wildman–Crippen LogP) is 1.05. The Kier molecular flexibility index (Phi) is 4.08. The number of carbonyl (C=O) groups excluding carboxylic acids is 2. The molecule has 0 spiro atoms. The van der Waals surface area contributed by atoms with E-state index in [4.69, 9.17) is 0 Å². The lowest BCUT2D eigenvalue weighted by molar-refractivity contribution is -0.142. The van der Waals surface area contributed by atoms with Crippen LogP contribution in [-0.4, -0.2) is 36.9 Å². The maximum absolute atomic E-state index is 12.5. The van der Waals surface area contributed by atoms with Gasteiger partial charge in [-0.3, -0.25) is 9.59 Å². The summed E-state index contributed by atoms with van der Waals surface area (Å²) in [6.07, 6.45) is 4.72. The number of hydrogen-bond donors (Lipinski definition) is 1. The molecule has 0 bridgehead atoms. The molecule has 1 heterocycles. The Hall–Kier alpha value is -1.57. The Morgan fingerprint density at radius 1 is 1.26 bits per heavy atom. The quantitative estimate of drug-likeness (QED) is 0.809. The van der Waals surface area contributed by atoms with Crippen LogP contribution in [-0.2, 0) is 9.59 Å². The smallest absolute Gasteiger partial charge is 0.243 e. The van der Waals surface area contributed by atoms with E-state index >= 15 is 0 Å². The van der Waals surface area contributed by atoms with Crippen molar-refractivity contribution in [2.24, 2.45) is 11.3 Å². The van der Waals surface area contributed by atoms with E-state index < -0.39 is 5.41 Å². The van der Waals surface area contributed by atoms with Crippen molar-refractivity contribution in [3.8, 4) is 6.07 Å². The van der Waals surface area contributed by atoms with Crippen LogP contribution in [0.3, 0.4) is 0 Å². The molecule has 5 nitrogen and oxygen atoms in total. The summed E-state index contributed by atoms with van der Waals surface area (Å²) in [5, 5.41) is 12.0. The number of piperidine rings is 1. The fraction of sp³-hybridized carbons (Fsp3) is 0.786. The standard InChI is InChI=1S/C14H21N3O2/c1-16-12(18)11-4-8-17(9-5-11)13(19)14(10-15)6-2-3-7-14/h11H,2-9H2,1H3,(H,16,18). The zero-order chi connectivity index (χ0) is 13.9. The van der Waals surface area contributed by atoms with E-state index in [2.05, 4.69) is 11.4 Å². The molecule has 0 aromatic heterocycles. The lowest BCUT2D eigenvalue weighted by Gasteiger charge is -2.35. The predicted molar refractivity (Wildman–Crippen MR) is 69.9 cm³/mol. The molecule has 0 atom stereocenters. The molecule has 19 heavy (non-hydrogen) atoms. The van der Waals surface area contributed by atoms with E-state index in [0.29, 0.717) is 38.8 Å². The maximum Gasteiger partial charge on any atom is 0.243 e. The van der Waals surface area contributed by atoms with Crippen LogP contribution in [0.2, 0.25) is 0 Å². The molecule has 1 aliphatic heterocycles. The molecule has 2 rings (SSSR count). The number of nitrogens with zero attached hydrogens (tertiary/aromatic N) is 2. The third kappa shape index (κ3) is 2.58. The second-order valence-corrected chi connectivity index (χ2v) is 5.58. The molecule has 5 heteroatoms. The van der Waals surface area contributed by atoms with Gasteiger partial charge in [0.2, 0.25) is 11.8 Å². The topological polar surface area (TPSA) is 73.2 Å². The van der Waals surface area contributed by atoms with Crippen molar-refractivity contribution in [3.05, 3.63) is 0 Å². The third-order valence-electron chi connectivity index (χ3n) is 4.48. The van der Waals surface area contributed by atoms with Crippen molar-refractivity contribution >= 4 is 11.8 Å². The number of carbonyl (C=O) groups is 2. The molecule has 104 valence electrons. The van der Waals surface area contributed by atoms with Gasteiger partial charge in [0, 0.05) is 26.1 Å². The first kappa shape index (κ1) is 13.9. The van der Waals surface area contributed by atoms with E-state index in [0.717, 1.165) is 12.8 Å². The Bertz CT molecular complexity index is 399. The van der Waals surface area contributed by atoms with Crippen LogP contribution in [0.1, 0.15) is 38.5 Å². The Balaban J connectivity index is 1.96. The largest absolute Gasteiger partial charge is 0.359 e. The summed E-state index contributed by atoms with van der Waals surface area (Å²) < 4.78 is 0. The van der Waals surface area contributed by atoms with Gasteiger partial charge in [-0.05, 0) is 25.7 Å². The Labute approximate surface area is 113 Å². The molecule has 0 unspecified atom stereocenters. The lowest BCUT2D eigenvalue weighted by atomic mass is 9.85. The fourth-order valence-corrected chi connectivity index (χ4v) is 3.20. The third-order valence-corrected chi connectivity index (χ3v) is 4.48. The number of nitriles is 1. The highest BCUT2D eigenvalue weighted by molar-refractivity contribution is 5.86. The van der Waals surface area contributed by atoms with Gasteiger partial charge in [0.05, 0.1) is 6.07 Å². The van der Waals surface area contributed by atoms with Crippen LogP contribution in [0, 0.1) is 22.7 Å². The highest BCUT2D eigenvalue weighted by Crippen LogP contribution is 2.39. The summed E-state index contributed by atoms with van der Waals surface area (Å²) in [5.41, 5.74) is -0.778. The fourth-order valence-electron chi connectivity index (χ4n) is 3.20. The first-order valence-electron chi connectivity index (χ1n) is 7.05. The van der Waals surface area contributed by atoms with Gasteiger partial charge in [-0.25, -0.2) is 0 Å². The highest BCUT2D eigenvalue weighted by Gasteiger charge is 2.44. The van der Waals surface area contributed by atoms with Gasteiger partial charge in [-0.15, -0.1) is 0 Å². The zero-order valence-corrected chi connectivity index (χ0v) is 11.4. The van der Waals surface area contributed by atoms with Crippen LogP contribution in [0.4, 0.5) is 0 Å². The molecule has 0 aromatic carbocycles. The molecule has 1 saturated heterocycles. The van der Waals surface area contributed by atoms with Crippen molar-refractivity contribution in [1.29, 1.82) is 5.26 Å². The molecule has 0 radical (unpaired) electrons. The van der Waals surface area contributed by atoms with E-state index in [9.17, 15) is 14.9 Å². The maximum atomic E-state index is 12.5. The van der Waals surface area contributed by atoms with Gasteiger partial charge in [0.1, 0.15) is 5.41 Å². The van der Waals surface area contributed by atoms with E-state index in [-0.39, 0.29) is 17.7 Å². The first-order chi connectivity index (χ1) is 9.13. The summed E-state index contributed by atoms with van der Waals surface area (Å²) in [7, 11) is 1.64. The molecule has 1 saturated carbocycles. The molecule has 0 aromatic rings. The zero-order valence-electron chi connectivity index (χ0n) is 11.4. The molecule has 1 N–H and O–H groups in total. The van der Waals surface area contributed by atoms with Crippen molar-refractivity contribution in [2.45, 2.75) is 38.5 Å². The van der Waals surface area contributed by atoms with Gasteiger partial charge in [0.25, 0.3) is 0 Å². The van der Waals surface area contributed by atoms with Crippen LogP contribution in [0.5, 0.6) is 0 Å². The molecule has 2 amide bonds. The van der Waals surface area contributed by atoms with E-state index in [1.807, 2.05) is 0 Å². The van der Waals surface area contributed by atoms with Crippen LogP contribution in [0.25, 0.3) is 0 Å². The van der Waals surface area contributed by atoms with Gasteiger partial charge >= 0.3 is 0 Å². The first-order valence-corrected chi connectivity index (χ1v) is 7.05. The van der Waals surface area contributed by atoms with Crippen molar-refractivity contribution in [2.75, 3.05) is 20.1 Å². The van der Waals surface area contributed by atoms with Crippen molar-refractivity contribution in [1.82, 2.24) is 10.2 Å². The summed E-state index contributed by atoms with van der Waals surface area (Å²) in [5.74, 6) is 0.0569. The summed E-state index contributed by atoms with van der Waals surface area (Å²) in [6, 6.07) is 2.25. The SMILES string of the molecule is CNC(=O)C1CCN(C(=O)C2(C#N)CCCC2)CC1. The molecule has 2 aliphatic rings. The number of amides is 2. The summed E-state index contributed by atoms with van der Waals surface area (Å²) in [4.78, 5) is 25.8. The van der Waals surface area contributed by atoms with Crippen molar-refractivity contribution < 1.29 is 9.59 Å². The number of likely N-dealkylation sites (tertiary alicyclic amines) is 1. The number of rotatable bonds is 2. The molecular weight excluding hydrogens is 242 g/mol. The molecule has 2 fully saturated rings. The minimum Gasteiger partial charge on any atom is -0.359 e.